The fourth-order valence-corrected chi connectivity index (χ4v) is 5.09. The lowest BCUT2D eigenvalue weighted by molar-refractivity contribution is -0.139. The van der Waals surface area contributed by atoms with E-state index < -0.39 is 0 Å². The Morgan fingerprint density at radius 1 is 1.19 bits per heavy atom. The Kier molecular flexibility index (Phi) is 4.96. The van der Waals surface area contributed by atoms with E-state index in [-0.39, 0.29) is 42.2 Å². The number of hydrogen-bond donors (Lipinski definition) is 0. The molecule has 3 atom stereocenters. The summed E-state index contributed by atoms with van der Waals surface area (Å²) in [5.74, 6) is -0.0605. The smallest absolute Gasteiger partial charge is 0.316 e. The second-order valence-corrected chi connectivity index (χ2v) is 8.41. The van der Waals surface area contributed by atoms with Gasteiger partial charge in [0.25, 0.3) is 0 Å². The Labute approximate surface area is 184 Å². The van der Waals surface area contributed by atoms with Crippen molar-refractivity contribution < 1.29 is 19.1 Å². The number of fused-ring (bicyclic) bond motifs is 3. The molecule has 1 saturated carbocycles. The van der Waals surface area contributed by atoms with E-state index in [4.69, 9.17) is 4.74 Å². The van der Waals surface area contributed by atoms with Gasteiger partial charge in [-0.15, -0.1) is 0 Å². The van der Waals surface area contributed by atoms with E-state index in [9.17, 15) is 14.4 Å². The number of ether oxygens (including phenoxy) is 1. The molecule has 0 spiro atoms. The number of methoxy groups -OCH3 is 1. The minimum atomic E-state index is -0.350. The first-order chi connectivity index (χ1) is 15.5. The number of likely N-dealkylation sites (tertiary alicyclic amines) is 1. The molecule has 2 aromatic heterocycles. The number of carbonyl (C=O) groups excluding carboxylic acids is 3. The van der Waals surface area contributed by atoms with Gasteiger partial charge in [0.15, 0.2) is 5.78 Å². The van der Waals surface area contributed by atoms with Gasteiger partial charge in [-0.3, -0.25) is 14.3 Å². The summed E-state index contributed by atoms with van der Waals surface area (Å²) >= 11 is 0. The van der Waals surface area contributed by atoms with Crippen molar-refractivity contribution in [3.63, 3.8) is 0 Å². The molecule has 1 saturated heterocycles. The van der Waals surface area contributed by atoms with E-state index in [1.165, 1.54) is 14.0 Å². The molecule has 5 rings (SSSR count). The van der Waals surface area contributed by atoms with Gasteiger partial charge in [0, 0.05) is 36.3 Å². The highest BCUT2D eigenvalue weighted by Crippen LogP contribution is 2.41. The van der Waals surface area contributed by atoms with Crippen LogP contribution < -0.4 is 4.74 Å². The van der Waals surface area contributed by atoms with Crippen LogP contribution in [-0.4, -0.2) is 61.8 Å². The number of Topliss-reactive ketones (excluding diaryl/α,β-unsaturated/α-hetero) is 1. The molecule has 0 N–H and O–H groups in total. The maximum Gasteiger partial charge on any atom is 0.316 e. The van der Waals surface area contributed by atoms with Gasteiger partial charge in [-0.2, -0.15) is 5.10 Å². The van der Waals surface area contributed by atoms with E-state index in [1.54, 1.807) is 22.0 Å². The topological polar surface area (TPSA) is 107 Å². The van der Waals surface area contributed by atoms with Gasteiger partial charge in [-0.25, -0.2) is 9.97 Å². The van der Waals surface area contributed by atoms with Crippen LogP contribution in [0.25, 0.3) is 22.0 Å². The molecule has 1 aromatic carbocycles. The first-order valence-corrected chi connectivity index (χ1v) is 10.6. The van der Waals surface area contributed by atoms with E-state index in [0.29, 0.717) is 16.6 Å². The molecule has 9 heteroatoms. The summed E-state index contributed by atoms with van der Waals surface area (Å²) in [5.41, 5.74) is 2.59. The van der Waals surface area contributed by atoms with Gasteiger partial charge in [0.1, 0.15) is 18.5 Å². The van der Waals surface area contributed by atoms with Crippen molar-refractivity contribution >= 4 is 28.9 Å². The van der Waals surface area contributed by atoms with Crippen molar-refractivity contribution in [2.24, 2.45) is 5.92 Å². The van der Waals surface area contributed by atoms with Crippen molar-refractivity contribution in [2.75, 3.05) is 7.11 Å². The number of carbonyl (C=O) groups is 3. The largest absolute Gasteiger partial charge is 0.467 e. The third-order valence-electron chi connectivity index (χ3n) is 6.58. The van der Waals surface area contributed by atoms with Gasteiger partial charge < -0.3 is 14.4 Å². The van der Waals surface area contributed by atoms with Crippen molar-refractivity contribution in [3.05, 3.63) is 36.3 Å². The second-order valence-electron chi connectivity index (χ2n) is 8.41. The average molecular weight is 433 g/mol. The van der Waals surface area contributed by atoms with Crippen LogP contribution in [0.5, 0.6) is 6.01 Å². The first kappa shape index (κ1) is 20.3. The Morgan fingerprint density at radius 3 is 2.66 bits per heavy atom. The highest BCUT2D eigenvalue weighted by Gasteiger charge is 2.47. The number of benzene rings is 1. The summed E-state index contributed by atoms with van der Waals surface area (Å²) in [4.78, 5) is 47.0. The SMILES string of the molecule is COc1ncc(-c2ccc3c(c2)c(C(C)=O)nn3CC(=O)N2C3CCC(C3)C2C=O)cn1. The Bertz CT molecular complexity index is 1220. The molecule has 0 radical (unpaired) electrons. The van der Waals surface area contributed by atoms with Gasteiger partial charge >= 0.3 is 6.01 Å². The van der Waals surface area contributed by atoms with Crippen LogP contribution >= 0.6 is 0 Å². The molecule has 1 aliphatic carbocycles. The fourth-order valence-electron chi connectivity index (χ4n) is 5.09. The van der Waals surface area contributed by atoms with Gasteiger partial charge in [-0.05, 0) is 42.9 Å². The molecule has 2 bridgehead atoms. The molecule has 32 heavy (non-hydrogen) atoms. The summed E-state index contributed by atoms with van der Waals surface area (Å²) in [5, 5.41) is 5.12. The lowest BCUT2D eigenvalue weighted by atomic mass is 10.00. The maximum absolute atomic E-state index is 13.1. The van der Waals surface area contributed by atoms with Crippen molar-refractivity contribution in [1.82, 2.24) is 24.6 Å². The summed E-state index contributed by atoms with van der Waals surface area (Å²) < 4.78 is 6.57. The second kappa shape index (κ2) is 7.81. The fraction of sp³-hybridized carbons (Fsp3) is 0.391. The summed E-state index contributed by atoms with van der Waals surface area (Å²) in [6.07, 6.45) is 7.02. The van der Waals surface area contributed by atoms with E-state index >= 15 is 0 Å². The van der Waals surface area contributed by atoms with Gasteiger partial charge in [0.2, 0.25) is 5.91 Å². The number of hydrogen-bond acceptors (Lipinski definition) is 7. The molecule has 2 aliphatic rings. The van der Waals surface area contributed by atoms with Crippen molar-refractivity contribution in [3.8, 4) is 17.1 Å². The number of ketones is 1. The van der Waals surface area contributed by atoms with Crippen LogP contribution in [0.3, 0.4) is 0 Å². The average Bonchev–Trinajstić information content (AvgIpc) is 3.52. The molecule has 1 aliphatic heterocycles. The highest BCUT2D eigenvalue weighted by molar-refractivity contribution is 6.06. The molecular formula is C23H23N5O4. The Hall–Kier alpha value is -3.62. The number of amides is 1. The first-order valence-electron chi connectivity index (χ1n) is 10.6. The quantitative estimate of drug-likeness (QED) is 0.433. The number of aldehydes is 1. The van der Waals surface area contributed by atoms with E-state index in [1.807, 2.05) is 18.2 Å². The monoisotopic (exact) mass is 433 g/mol. The van der Waals surface area contributed by atoms with Crippen LogP contribution in [0.2, 0.25) is 0 Å². The van der Waals surface area contributed by atoms with E-state index in [2.05, 4.69) is 15.1 Å². The lowest BCUT2D eigenvalue weighted by Gasteiger charge is -2.32. The predicted octanol–water partition coefficient (Wildman–Crippen LogP) is 2.28. The molecule has 164 valence electrons. The zero-order chi connectivity index (χ0) is 22.4. The molecule has 3 heterocycles. The number of aromatic nitrogens is 4. The van der Waals surface area contributed by atoms with Crippen LogP contribution in [-0.2, 0) is 16.1 Å². The Morgan fingerprint density at radius 2 is 1.97 bits per heavy atom. The molecule has 9 nitrogen and oxygen atoms in total. The number of piperidine rings is 1. The number of rotatable bonds is 6. The molecule has 1 amide bonds. The third-order valence-corrected chi connectivity index (χ3v) is 6.58. The lowest BCUT2D eigenvalue weighted by Crippen LogP contribution is -2.47. The van der Waals surface area contributed by atoms with Crippen LogP contribution in [0, 0.1) is 5.92 Å². The number of nitrogens with zero attached hydrogens (tertiary/aromatic N) is 5. The molecule has 2 fully saturated rings. The molecule has 3 aromatic rings. The third kappa shape index (κ3) is 3.24. The predicted molar refractivity (Wildman–Crippen MR) is 115 cm³/mol. The minimum Gasteiger partial charge on any atom is -0.467 e. The normalized spacial score (nSPS) is 21.8. The van der Waals surface area contributed by atoms with Crippen molar-refractivity contribution in [1.29, 1.82) is 0 Å². The summed E-state index contributed by atoms with van der Waals surface area (Å²) in [6, 6.07) is 5.63. The zero-order valence-electron chi connectivity index (χ0n) is 17.9. The summed E-state index contributed by atoms with van der Waals surface area (Å²) in [7, 11) is 1.50. The van der Waals surface area contributed by atoms with E-state index in [0.717, 1.165) is 36.7 Å². The zero-order valence-corrected chi connectivity index (χ0v) is 17.9. The standard InChI is InChI=1S/C23H23N5O4/c1-13(30)22-18-8-14(16-9-24-23(32-2)25-10-16)4-6-19(18)27(26-22)11-21(31)28-17-5-3-15(7-17)20(28)12-29/h4,6,8-10,12,15,17,20H,3,5,7,11H2,1-2H3. The van der Waals surface area contributed by atoms with Gasteiger partial charge in [0.05, 0.1) is 18.7 Å². The molecule has 3 unspecified atom stereocenters. The Balaban J connectivity index is 1.49. The van der Waals surface area contributed by atoms with Gasteiger partial charge in [-0.1, -0.05) is 6.07 Å². The van der Waals surface area contributed by atoms with Crippen LogP contribution in [0.4, 0.5) is 0 Å². The highest BCUT2D eigenvalue weighted by atomic mass is 16.5. The molecular weight excluding hydrogens is 410 g/mol. The van der Waals surface area contributed by atoms with Crippen LogP contribution in [0.15, 0.2) is 30.6 Å². The van der Waals surface area contributed by atoms with Crippen LogP contribution in [0.1, 0.15) is 36.7 Å². The maximum atomic E-state index is 13.1. The minimum absolute atomic E-state index is 0.0116. The van der Waals surface area contributed by atoms with Crippen molar-refractivity contribution in [2.45, 2.75) is 44.8 Å². The summed E-state index contributed by atoms with van der Waals surface area (Å²) in [6.45, 7) is 1.45.